The first kappa shape index (κ1) is 15.5. The summed E-state index contributed by atoms with van der Waals surface area (Å²) in [7, 11) is 1.76. The van der Waals surface area contributed by atoms with E-state index in [1.165, 1.54) is 43.2 Å². The summed E-state index contributed by atoms with van der Waals surface area (Å²) in [5.74, 6) is 1.91. The Kier molecular flexibility index (Phi) is 6.55. The van der Waals surface area contributed by atoms with Crippen molar-refractivity contribution in [3.05, 3.63) is 35.4 Å². The predicted octanol–water partition coefficient (Wildman–Crippen LogP) is 4.14. The van der Waals surface area contributed by atoms with E-state index < -0.39 is 0 Å². The molecule has 0 heterocycles. The fourth-order valence-corrected chi connectivity index (χ4v) is 3.17. The third-order valence-electron chi connectivity index (χ3n) is 4.60. The van der Waals surface area contributed by atoms with Crippen molar-refractivity contribution in [1.82, 2.24) is 5.32 Å². The van der Waals surface area contributed by atoms with Gasteiger partial charge in [-0.2, -0.15) is 0 Å². The second kappa shape index (κ2) is 8.43. The maximum Gasteiger partial charge on any atom is 0.0716 e. The maximum atomic E-state index is 5.25. The van der Waals surface area contributed by atoms with Crippen LogP contribution in [-0.4, -0.2) is 13.7 Å². The van der Waals surface area contributed by atoms with E-state index in [1.54, 1.807) is 7.11 Å². The highest BCUT2D eigenvalue weighted by molar-refractivity contribution is 5.26. The van der Waals surface area contributed by atoms with Crippen molar-refractivity contribution in [2.45, 2.75) is 52.2 Å². The summed E-state index contributed by atoms with van der Waals surface area (Å²) < 4.78 is 5.25. The lowest BCUT2D eigenvalue weighted by atomic mass is 9.81. The van der Waals surface area contributed by atoms with Gasteiger partial charge in [0.05, 0.1) is 6.61 Å². The Morgan fingerprint density at radius 1 is 1.10 bits per heavy atom. The van der Waals surface area contributed by atoms with Crippen molar-refractivity contribution in [2.75, 3.05) is 13.7 Å². The number of hydrogen-bond donors (Lipinski definition) is 1. The highest BCUT2D eigenvalue weighted by Crippen LogP contribution is 2.29. The fourth-order valence-electron chi connectivity index (χ4n) is 3.17. The van der Waals surface area contributed by atoms with Crippen molar-refractivity contribution in [3.8, 4) is 0 Å². The third kappa shape index (κ3) is 4.92. The summed E-state index contributed by atoms with van der Waals surface area (Å²) in [6, 6.07) is 8.55. The highest BCUT2D eigenvalue weighted by Gasteiger charge is 2.17. The van der Waals surface area contributed by atoms with Crippen LogP contribution in [0.5, 0.6) is 0 Å². The molecule has 0 aromatic heterocycles. The van der Waals surface area contributed by atoms with Crippen LogP contribution >= 0.6 is 0 Å². The van der Waals surface area contributed by atoms with E-state index in [0.717, 1.165) is 24.9 Å². The largest absolute Gasteiger partial charge is 0.380 e. The molecule has 1 aliphatic carbocycles. The average molecular weight is 275 g/mol. The first-order valence-corrected chi connectivity index (χ1v) is 8.06. The van der Waals surface area contributed by atoms with Crippen molar-refractivity contribution in [2.24, 2.45) is 11.8 Å². The fraction of sp³-hybridized carbons (Fsp3) is 0.667. The highest BCUT2D eigenvalue weighted by atomic mass is 16.5. The molecule has 112 valence electrons. The molecule has 1 N–H and O–H groups in total. The summed E-state index contributed by atoms with van der Waals surface area (Å²) in [4.78, 5) is 0. The molecule has 1 aromatic rings. The zero-order chi connectivity index (χ0) is 14.2. The van der Waals surface area contributed by atoms with Crippen LogP contribution in [0, 0.1) is 11.8 Å². The van der Waals surface area contributed by atoms with E-state index in [9.17, 15) is 0 Å². The molecule has 1 aliphatic rings. The molecule has 1 saturated carbocycles. The third-order valence-corrected chi connectivity index (χ3v) is 4.60. The summed E-state index contributed by atoms with van der Waals surface area (Å²) >= 11 is 0. The van der Waals surface area contributed by atoms with Gasteiger partial charge >= 0.3 is 0 Å². The minimum atomic E-state index is 0.707. The van der Waals surface area contributed by atoms with Crippen LogP contribution in [0.3, 0.4) is 0 Å². The molecular formula is C18H29NO. The van der Waals surface area contributed by atoms with Crippen molar-refractivity contribution < 1.29 is 4.74 Å². The number of nitrogens with one attached hydrogen (secondary N) is 1. The molecule has 0 aliphatic heterocycles. The SMILES string of the molecule is COCc1ccccc1CNCCC1CCC(C)CC1. The van der Waals surface area contributed by atoms with Gasteiger partial charge < -0.3 is 10.1 Å². The van der Waals surface area contributed by atoms with E-state index in [4.69, 9.17) is 4.74 Å². The zero-order valence-corrected chi connectivity index (χ0v) is 13.0. The lowest BCUT2D eigenvalue weighted by molar-refractivity contribution is 0.184. The van der Waals surface area contributed by atoms with Gasteiger partial charge in [0.25, 0.3) is 0 Å². The van der Waals surface area contributed by atoms with Gasteiger partial charge in [0.2, 0.25) is 0 Å². The number of hydrogen-bond acceptors (Lipinski definition) is 2. The molecule has 0 saturated heterocycles. The van der Waals surface area contributed by atoms with E-state index >= 15 is 0 Å². The Bertz CT molecular complexity index is 383. The van der Waals surface area contributed by atoms with Crippen molar-refractivity contribution >= 4 is 0 Å². The van der Waals surface area contributed by atoms with Gasteiger partial charge in [-0.1, -0.05) is 56.9 Å². The van der Waals surface area contributed by atoms with Crippen LogP contribution in [0.15, 0.2) is 24.3 Å². The molecule has 0 bridgehead atoms. The molecule has 0 radical (unpaired) electrons. The summed E-state index contributed by atoms with van der Waals surface area (Å²) in [6.45, 7) is 5.20. The molecular weight excluding hydrogens is 246 g/mol. The van der Waals surface area contributed by atoms with Gasteiger partial charge in [-0.25, -0.2) is 0 Å². The van der Waals surface area contributed by atoms with E-state index in [1.807, 2.05) is 0 Å². The predicted molar refractivity (Wildman–Crippen MR) is 84.6 cm³/mol. The molecule has 0 atom stereocenters. The minimum Gasteiger partial charge on any atom is -0.380 e. The van der Waals surface area contributed by atoms with Gasteiger partial charge in [0.15, 0.2) is 0 Å². The molecule has 2 nitrogen and oxygen atoms in total. The van der Waals surface area contributed by atoms with Gasteiger partial charge in [-0.05, 0) is 35.9 Å². The number of rotatable bonds is 7. The Hall–Kier alpha value is -0.860. The second-order valence-corrected chi connectivity index (χ2v) is 6.29. The van der Waals surface area contributed by atoms with Crippen LogP contribution in [-0.2, 0) is 17.9 Å². The number of ether oxygens (including phenoxy) is 1. The Morgan fingerprint density at radius 3 is 2.50 bits per heavy atom. The first-order chi connectivity index (χ1) is 9.79. The standard InChI is InChI=1S/C18H29NO/c1-15-7-9-16(10-8-15)11-12-19-13-17-5-3-4-6-18(17)14-20-2/h3-6,15-16,19H,7-14H2,1-2H3. The molecule has 0 amide bonds. The van der Waals surface area contributed by atoms with Crippen LogP contribution in [0.2, 0.25) is 0 Å². The smallest absolute Gasteiger partial charge is 0.0716 e. The Balaban J connectivity index is 1.68. The summed E-state index contributed by atoms with van der Waals surface area (Å²) in [5.41, 5.74) is 2.67. The number of methoxy groups -OCH3 is 1. The Labute approximate surface area is 123 Å². The van der Waals surface area contributed by atoms with Crippen LogP contribution in [0.25, 0.3) is 0 Å². The zero-order valence-electron chi connectivity index (χ0n) is 13.0. The summed E-state index contributed by atoms with van der Waals surface area (Å²) in [5, 5.41) is 3.60. The van der Waals surface area contributed by atoms with Crippen molar-refractivity contribution in [1.29, 1.82) is 0 Å². The van der Waals surface area contributed by atoms with Gasteiger partial charge in [-0.3, -0.25) is 0 Å². The van der Waals surface area contributed by atoms with Gasteiger partial charge in [-0.15, -0.1) is 0 Å². The van der Waals surface area contributed by atoms with E-state index in [-0.39, 0.29) is 0 Å². The summed E-state index contributed by atoms with van der Waals surface area (Å²) in [6.07, 6.45) is 7.06. The van der Waals surface area contributed by atoms with Gasteiger partial charge in [0, 0.05) is 13.7 Å². The molecule has 0 unspecified atom stereocenters. The molecule has 20 heavy (non-hydrogen) atoms. The molecule has 1 aromatic carbocycles. The monoisotopic (exact) mass is 275 g/mol. The van der Waals surface area contributed by atoms with Crippen LogP contribution in [0.4, 0.5) is 0 Å². The molecule has 0 spiro atoms. The normalized spacial score (nSPS) is 22.9. The quantitative estimate of drug-likeness (QED) is 0.755. The first-order valence-electron chi connectivity index (χ1n) is 8.06. The maximum absolute atomic E-state index is 5.25. The van der Waals surface area contributed by atoms with E-state index in [2.05, 4.69) is 36.5 Å². The molecule has 2 rings (SSSR count). The second-order valence-electron chi connectivity index (χ2n) is 6.29. The molecule has 2 heteroatoms. The van der Waals surface area contributed by atoms with Crippen LogP contribution in [0.1, 0.15) is 50.2 Å². The average Bonchev–Trinajstić information content (AvgIpc) is 2.47. The van der Waals surface area contributed by atoms with E-state index in [0.29, 0.717) is 6.61 Å². The number of benzene rings is 1. The topological polar surface area (TPSA) is 21.3 Å². The van der Waals surface area contributed by atoms with Gasteiger partial charge in [0.1, 0.15) is 0 Å². The Morgan fingerprint density at radius 2 is 1.80 bits per heavy atom. The van der Waals surface area contributed by atoms with Crippen LogP contribution < -0.4 is 5.32 Å². The lowest BCUT2D eigenvalue weighted by Crippen LogP contribution is -2.21. The van der Waals surface area contributed by atoms with Crippen molar-refractivity contribution in [3.63, 3.8) is 0 Å². The lowest BCUT2D eigenvalue weighted by Gasteiger charge is -2.26. The molecule has 1 fully saturated rings. The minimum absolute atomic E-state index is 0.707.